The van der Waals surface area contributed by atoms with Gasteiger partial charge in [0.05, 0.1) is 12.3 Å². The highest BCUT2D eigenvalue weighted by atomic mass is 16.5. The van der Waals surface area contributed by atoms with Crippen LogP contribution in [0.25, 0.3) is 0 Å². The highest BCUT2D eigenvalue weighted by Gasteiger charge is 2.07. The van der Waals surface area contributed by atoms with Crippen molar-refractivity contribution in [2.45, 2.75) is 0 Å². The third-order valence-corrected chi connectivity index (χ3v) is 2.62. The van der Waals surface area contributed by atoms with Crippen LogP contribution in [0, 0.1) is 0 Å². The van der Waals surface area contributed by atoms with Crippen molar-refractivity contribution in [2.75, 3.05) is 45.8 Å². The van der Waals surface area contributed by atoms with E-state index in [1.807, 2.05) is 7.05 Å². The molecule has 1 aromatic heterocycles. The summed E-state index contributed by atoms with van der Waals surface area (Å²) in [7, 11) is 3.64. The van der Waals surface area contributed by atoms with Gasteiger partial charge in [0.1, 0.15) is 5.69 Å². The van der Waals surface area contributed by atoms with E-state index in [9.17, 15) is 4.79 Å². The van der Waals surface area contributed by atoms with Crippen LogP contribution in [-0.2, 0) is 4.74 Å². The van der Waals surface area contributed by atoms with Crippen molar-refractivity contribution in [3.8, 4) is 0 Å². The van der Waals surface area contributed by atoms with Gasteiger partial charge in [-0.25, -0.2) is 0 Å². The van der Waals surface area contributed by atoms with E-state index >= 15 is 0 Å². The SMILES string of the molecule is COCCN(C)CCNC(=O)c1cc(NN)ccn1. The van der Waals surface area contributed by atoms with Gasteiger partial charge in [-0.15, -0.1) is 0 Å². The van der Waals surface area contributed by atoms with Crippen molar-refractivity contribution in [3.63, 3.8) is 0 Å². The lowest BCUT2D eigenvalue weighted by molar-refractivity contribution is 0.0942. The maximum absolute atomic E-state index is 11.8. The molecule has 0 radical (unpaired) electrons. The number of methoxy groups -OCH3 is 1. The third kappa shape index (κ3) is 5.64. The summed E-state index contributed by atoms with van der Waals surface area (Å²) < 4.78 is 4.98. The lowest BCUT2D eigenvalue weighted by Crippen LogP contribution is -2.34. The quantitative estimate of drug-likeness (QED) is 0.441. The second kappa shape index (κ2) is 8.41. The van der Waals surface area contributed by atoms with Crippen molar-refractivity contribution in [2.24, 2.45) is 5.84 Å². The van der Waals surface area contributed by atoms with Crippen LogP contribution in [0.1, 0.15) is 10.5 Å². The molecule has 0 aromatic carbocycles. The Morgan fingerprint density at radius 2 is 2.32 bits per heavy atom. The highest BCUT2D eigenvalue weighted by molar-refractivity contribution is 5.93. The van der Waals surface area contributed by atoms with Gasteiger partial charge in [-0.2, -0.15) is 0 Å². The third-order valence-electron chi connectivity index (χ3n) is 2.62. The maximum atomic E-state index is 11.8. The molecule has 1 amide bonds. The average molecular weight is 267 g/mol. The van der Waals surface area contributed by atoms with Gasteiger partial charge in [-0.05, 0) is 19.2 Å². The van der Waals surface area contributed by atoms with Crippen LogP contribution in [0.2, 0.25) is 0 Å². The van der Waals surface area contributed by atoms with Crippen molar-refractivity contribution in [3.05, 3.63) is 24.0 Å². The Morgan fingerprint density at radius 3 is 3.00 bits per heavy atom. The van der Waals surface area contributed by atoms with Crippen LogP contribution in [0.3, 0.4) is 0 Å². The summed E-state index contributed by atoms with van der Waals surface area (Å²) in [6, 6.07) is 3.29. The number of nitrogens with zero attached hydrogens (tertiary/aromatic N) is 2. The molecule has 106 valence electrons. The number of aromatic nitrogens is 1. The zero-order chi connectivity index (χ0) is 14.1. The molecule has 0 bridgehead atoms. The van der Waals surface area contributed by atoms with E-state index in [4.69, 9.17) is 10.6 Å². The molecule has 1 rings (SSSR count). The van der Waals surface area contributed by atoms with Crippen molar-refractivity contribution in [1.29, 1.82) is 0 Å². The number of pyridine rings is 1. The molecule has 0 unspecified atom stereocenters. The first-order chi connectivity index (χ1) is 9.17. The summed E-state index contributed by atoms with van der Waals surface area (Å²) in [5, 5.41) is 2.81. The number of hydrazine groups is 1. The fourth-order valence-electron chi connectivity index (χ4n) is 1.45. The number of nitrogens with two attached hydrogens (primary N) is 1. The molecule has 1 aromatic rings. The van der Waals surface area contributed by atoms with Crippen LogP contribution < -0.4 is 16.6 Å². The first-order valence-electron chi connectivity index (χ1n) is 6.05. The van der Waals surface area contributed by atoms with Gasteiger partial charge in [0, 0.05) is 32.9 Å². The maximum Gasteiger partial charge on any atom is 0.269 e. The van der Waals surface area contributed by atoms with E-state index in [1.165, 1.54) is 6.20 Å². The number of hydrogen-bond acceptors (Lipinski definition) is 6. The number of hydrogen-bond donors (Lipinski definition) is 3. The lowest BCUT2D eigenvalue weighted by atomic mass is 10.3. The van der Waals surface area contributed by atoms with Crippen LogP contribution in [0.4, 0.5) is 5.69 Å². The lowest BCUT2D eigenvalue weighted by Gasteiger charge is -2.16. The minimum Gasteiger partial charge on any atom is -0.383 e. The molecule has 1 heterocycles. The van der Waals surface area contributed by atoms with Crippen molar-refractivity contribution in [1.82, 2.24) is 15.2 Å². The Hall–Kier alpha value is -1.70. The number of carbonyl (C=O) groups excluding carboxylic acids is 1. The molecule has 0 saturated heterocycles. The molecule has 0 saturated carbocycles. The minimum absolute atomic E-state index is 0.211. The number of nitrogens with one attached hydrogen (secondary N) is 2. The summed E-state index contributed by atoms with van der Waals surface area (Å²) in [5.41, 5.74) is 3.47. The zero-order valence-electron chi connectivity index (χ0n) is 11.3. The molecule has 7 nitrogen and oxygen atoms in total. The second-order valence-corrected chi connectivity index (χ2v) is 4.13. The summed E-state index contributed by atoms with van der Waals surface area (Å²) in [5.74, 6) is 5.07. The van der Waals surface area contributed by atoms with E-state index in [-0.39, 0.29) is 5.91 Å². The molecule has 0 spiro atoms. The Labute approximate surface area is 113 Å². The van der Waals surface area contributed by atoms with Gasteiger partial charge in [-0.3, -0.25) is 15.6 Å². The summed E-state index contributed by atoms with van der Waals surface area (Å²) in [6.45, 7) is 2.82. The first kappa shape index (κ1) is 15.4. The molecule has 0 fully saturated rings. The van der Waals surface area contributed by atoms with E-state index in [0.29, 0.717) is 24.5 Å². The molecule has 0 atom stereocenters. The number of anilines is 1. The highest BCUT2D eigenvalue weighted by Crippen LogP contribution is 2.05. The molecule has 4 N–H and O–H groups in total. The van der Waals surface area contributed by atoms with E-state index in [1.54, 1.807) is 19.2 Å². The summed E-state index contributed by atoms with van der Waals surface area (Å²) in [6.07, 6.45) is 1.54. The van der Waals surface area contributed by atoms with Gasteiger partial charge >= 0.3 is 0 Å². The van der Waals surface area contributed by atoms with Crippen LogP contribution >= 0.6 is 0 Å². The fraction of sp³-hybridized carbons (Fsp3) is 0.500. The summed E-state index contributed by atoms with van der Waals surface area (Å²) >= 11 is 0. The molecule has 19 heavy (non-hydrogen) atoms. The van der Waals surface area contributed by atoms with Crippen molar-refractivity contribution >= 4 is 11.6 Å². The van der Waals surface area contributed by atoms with Gasteiger partial charge in [0.15, 0.2) is 0 Å². The smallest absolute Gasteiger partial charge is 0.269 e. The molecular weight excluding hydrogens is 246 g/mol. The van der Waals surface area contributed by atoms with E-state index in [2.05, 4.69) is 20.6 Å². The van der Waals surface area contributed by atoms with Crippen LogP contribution in [-0.4, -0.2) is 56.2 Å². The predicted octanol–water partition coefficient (Wildman–Crippen LogP) is -0.325. The minimum atomic E-state index is -0.211. The Morgan fingerprint density at radius 1 is 1.53 bits per heavy atom. The number of amides is 1. The van der Waals surface area contributed by atoms with E-state index in [0.717, 1.165) is 13.1 Å². The molecule has 7 heteroatoms. The molecule has 0 aliphatic rings. The topological polar surface area (TPSA) is 92.5 Å². The largest absolute Gasteiger partial charge is 0.383 e. The van der Waals surface area contributed by atoms with Crippen LogP contribution in [0.5, 0.6) is 0 Å². The number of likely N-dealkylation sites (N-methyl/N-ethyl adjacent to an activating group) is 1. The molecule has 0 aliphatic heterocycles. The number of carbonyl (C=O) groups is 1. The zero-order valence-corrected chi connectivity index (χ0v) is 11.3. The molecular formula is C12H21N5O2. The van der Waals surface area contributed by atoms with E-state index < -0.39 is 0 Å². The number of rotatable bonds is 8. The Bertz CT molecular complexity index is 399. The average Bonchev–Trinajstić information content (AvgIpc) is 2.45. The Balaban J connectivity index is 2.34. The number of ether oxygens (including phenoxy) is 1. The van der Waals surface area contributed by atoms with Crippen molar-refractivity contribution < 1.29 is 9.53 Å². The normalized spacial score (nSPS) is 10.5. The fourth-order valence-corrected chi connectivity index (χ4v) is 1.45. The van der Waals surface area contributed by atoms with Gasteiger partial charge < -0.3 is 20.4 Å². The molecule has 0 aliphatic carbocycles. The predicted molar refractivity (Wildman–Crippen MR) is 73.8 cm³/mol. The van der Waals surface area contributed by atoms with Gasteiger partial charge in [0.25, 0.3) is 5.91 Å². The monoisotopic (exact) mass is 267 g/mol. The second-order valence-electron chi connectivity index (χ2n) is 4.13. The first-order valence-corrected chi connectivity index (χ1v) is 6.05. The summed E-state index contributed by atoms with van der Waals surface area (Å²) in [4.78, 5) is 17.9. The standard InChI is InChI=1S/C12H21N5O2/c1-17(7-8-19-2)6-5-15-12(18)11-9-10(16-13)3-4-14-11/h3-4,9H,5-8,13H2,1-2H3,(H,14,16)(H,15,18). The number of nitrogen functional groups attached to an aromatic ring is 1. The van der Waals surface area contributed by atoms with Gasteiger partial charge in [-0.1, -0.05) is 0 Å². The van der Waals surface area contributed by atoms with Gasteiger partial charge in [0.2, 0.25) is 0 Å². The van der Waals surface area contributed by atoms with Crippen LogP contribution in [0.15, 0.2) is 18.3 Å². The Kier molecular flexibility index (Phi) is 6.80.